The van der Waals surface area contributed by atoms with E-state index in [4.69, 9.17) is 4.42 Å². The van der Waals surface area contributed by atoms with Crippen LogP contribution in [0.2, 0.25) is 0 Å². The molecule has 5 rings (SSSR count). The molecule has 2 aromatic carbocycles. The maximum atomic E-state index is 14.7. The molecule has 1 atom stereocenters. The molecule has 9 nitrogen and oxygen atoms in total. The highest BCUT2D eigenvalue weighted by molar-refractivity contribution is 7.99. The van der Waals surface area contributed by atoms with E-state index in [0.29, 0.717) is 11.1 Å². The summed E-state index contributed by atoms with van der Waals surface area (Å²) in [6, 6.07) is 11.3. The monoisotopic (exact) mass is 555 g/mol. The lowest BCUT2D eigenvalue weighted by Crippen LogP contribution is -2.52. The fourth-order valence-electron chi connectivity index (χ4n) is 4.82. The van der Waals surface area contributed by atoms with Crippen LogP contribution in [0.3, 0.4) is 0 Å². The van der Waals surface area contributed by atoms with Crippen LogP contribution in [0.1, 0.15) is 17.5 Å². The number of β-amino-alcohol motifs (C(OH)–C–C–N with tert-alkyl or cyclic N) is 1. The number of aliphatic hydroxyl groups is 1. The molecule has 0 bridgehead atoms. The van der Waals surface area contributed by atoms with Crippen LogP contribution in [-0.2, 0) is 12.1 Å². The van der Waals surface area contributed by atoms with E-state index in [9.17, 15) is 13.9 Å². The second kappa shape index (κ2) is 12.3. The van der Waals surface area contributed by atoms with Crippen molar-refractivity contribution in [1.29, 1.82) is 0 Å². The zero-order chi connectivity index (χ0) is 27.2. The van der Waals surface area contributed by atoms with Crippen LogP contribution < -0.4 is 0 Å². The predicted molar refractivity (Wildman–Crippen MR) is 143 cm³/mol. The lowest BCUT2D eigenvalue weighted by Gasteiger charge is -2.39. The number of piperazine rings is 1. The van der Waals surface area contributed by atoms with Crippen LogP contribution in [0.4, 0.5) is 8.78 Å². The number of aromatic nitrogens is 5. The molecule has 1 fully saturated rings. The Labute approximate surface area is 229 Å². The van der Waals surface area contributed by atoms with E-state index < -0.39 is 17.2 Å². The van der Waals surface area contributed by atoms with Crippen molar-refractivity contribution in [3.8, 4) is 11.5 Å². The fourth-order valence-corrected chi connectivity index (χ4v) is 5.51. The summed E-state index contributed by atoms with van der Waals surface area (Å²) in [5.41, 5.74) is 0.515. The summed E-state index contributed by atoms with van der Waals surface area (Å²) < 4.78 is 35.5. The first-order chi connectivity index (χ1) is 18.9. The van der Waals surface area contributed by atoms with Gasteiger partial charge in [0.15, 0.2) is 0 Å². The van der Waals surface area contributed by atoms with Crippen LogP contribution in [-0.4, -0.2) is 84.9 Å². The molecule has 0 aliphatic carbocycles. The van der Waals surface area contributed by atoms with Gasteiger partial charge >= 0.3 is 0 Å². The molecule has 0 spiro atoms. The van der Waals surface area contributed by atoms with Crippen molar-refractivity contribution in [1.82, 2.24) is 34.8 Å². The lowest BCUT2D eigenvalue weighted by atomic mass is 9.92. The van der Waals surface area contributed by atoms with Crippen molar-refractivity contribution in [2.45, 2.75) is 30.7 Å². The molecule has 1 aliphatic heterocycles. The molecule has 3 heterocycles. The van der Waals surface area contributed by atoms with Gasteiger partial charge in [-0.3, -0.25) is 4.90 Å². The quantitative estimate of drug-likeness (QED) is 0.220. The Hall–Kier alpha value is -3.19. The van der Waals surface area contributed by atoms with E-state index in [1.54, 1.807) is 11.8 Å². The van der Waals surface area contributed by atoms with Gasteiger partial charge in [-0.25, -0.2) is 18.4 Å². The Kier molecular flexibility index (Phi) is 8.66. The summed E-state index contributed by atoms with van der Waals surface area (Å²) in [7, 11) is 0. The summed E-state index contributed by atoms with van der Waals surface area (Å²) in [5, 5.41) is 24.5. The minimum Gasteiger partial charge on any atom is -0.411 e. The van der Waals surface area contributed by atoms with E-state index >= 15 is 0 Å². The molecule has 39 heavy (non-hydrogen) atoms. The van der Waals surface area contributed by atoms with Gasteiger partial charge < -0.3 is 14.4 Å². The number of benzene rings is 2. The normalized spacial score (nSPS) is 16.4. The minimum absolute atomic E-state index is 0.00819. The van der Waals surface area contributed by atoms with Gasteiger partial charge in [-0.1, -0.05) is 35.5 Å². The standard InChI is InChI=1S/C27H31F2N7O2S/c1-20-4-2-5-21(14-20)25-32-33-26(38-25)39-13-3-8-34-9-11-35(12-10-34)16-27(37,17-36-19-30-18-31-36)23-7-6-22(28)15-24(23)29/h2,4-7,14-15,18-19,37H,3,8-13,16-17H2,1H3. The number of rotatable bonds is 11. The summed E-state index contributed by atoms with van der Waals surface area (Å²) >= 11 is 1.55. The SMILES string of the molecule is Cc1cccc(-c2nnc(SCCCN3CCN(CC(O)(Cn4cncn4)c4ccc(F)cc4F)CC3)o2)c1. The van der Waals surface area contributed by atoms with Crippen LogP contribution in [0.5, 0.6) is 0 Å². The van der Waals surface area contributed by atoms with E-state index in [-0.39, 0.29) is 18.7 Å². The minimum atomic E-state index is -1.59. The van der Waals surface area contributed by atoms with Crippen LogP contribution >= 0.6 is 11.8 Å². The first kappa shape index (κ1) is 27.4. The van der Waals surface area contributed by atoms with Gasteiger partial charge in [0.25, 0.3) is 5.22 Å². The second-order valence-electron chi connectivity index (χ2n) is 9.81. The summed E-state index contributed by atoms with van der Waals surface area (Å²) in [4.78, 5) is 8.40. The van der Waals surface area contributed by atoms with Crippen molar-refractivity contribution in [2.24, 2.45) is 0 Å². The summed E-state index contributed by atoms with van der Waals surface area (Å²) in [6.07, 6.45) is 3.80. The number of aryl methyl sites for hydroxylation is 1. The van der Waals surface area contributed by atoms with Gasteiger partial charge in [-0.15, -0.1) is 10.2 Å². The van der Waals surface area contributed by atoms with E-state index in [2.05, 4.69) is 30.1 Å². The highest BCUT2D eigenvalue weighted by Gasteiger charge is 2.36. The van der Waals surface area contributed by atoms with E-state index in [1.807, 2.05) is 31.2 Å². The predicted octanol–water partition coefficient (Wildman–Crippen LogP) is 3.60. The molecule has 0 radical (unpaired) electrons. The van der Waals surface area contributed by atoms with Crippen molar-refractivity contribution in [3.05, 3.63) is 77.9 Å². The molecule has 0 saturated carbocycles. The van der Waals surface area contributed by atoms with Gasteiger partial charge in [0.1, 0.15) is 29.9 Å². The van der Waals surface area contributed by atoms with Crippen molar-refractivity contribution in [2.75, 3.05) is 45.0 Å². The molecule has 12 heteroatoms. The second-order valence-corrected chi connectivity index (χ2v) is 10.9. The van der Waals surface area contributed by atoms with Crippen molar-refractivity contribution < 1.29 is 18.3 Å². The van der Waals surface area contributed by atoms with Crippen LogP contribution in [0.25, 0.3) is 11.5 Å². The number of thioether (sulfide) groups is 1. The fraction of sp³-hybridized carbons (Fsp3) is 0.407. The first-order valence-electron chi connectivity index (χ1n) is 12.9. The molecule has 1 saturated heterocycles. The third kappa shape index (κ3) is 7.07. The Morgan fingerprint density at radius 1 is 1.03 bits per heavy atom. The van der Waals surface area contributed by atoms with Gasteiger partial charge in [-0.05, 0) is 38.1 Å². The van der Waals surface area contributed by atoms with E-state index in [0.717, 1.165) is 62.1 Å². The zero-order valence-electron chi connectivity index (χ0n) is 21.7. The lowest BCUT2D eigenvalue weighted by molar-refractivity contribution is -0.0317. The van der Waals surface area contributed by atoms with Crippen LogP contribution in [0.15, 0.2) is 64.8 Å². The Morgan fingerprint density at radius 2 is 1.85 bits per heavy atom. The molecular weight excluding hydrogens is 524 g/mol. The van der Waals surface area contributed by atoms with E-state index in [1.165, 1.54) is 29.5 Å². The third-order valence-corrected chi connectivity index (χ3v) is 7.69. The highest BCUT2D eigenvalue weighted by atomic mass is 32.2. The Balaban J connectivity index is 1.10. The summed E-state index contributed by atoms with van der Waals surface area (Å²) in [6.45, 7) is 6.25. The Bertz CT molecular complexity index is 1360. The molecule has 0 amide bonds. The maximum Gasteiger partial charge on any atom is 0.276 e. The van der Waals surface area contributed by atoms with Gasteiger partial charge in [-0.2, -0.15) is 5.10 Å². The van der Waals surface area contributed by atoms with Crippen molar-refractivity contribution >= 4 is 11.8 Å². The van der Waals surface area contributed by atoms with Gasteiger partial charge in [0, 0.05) is 55.7 Å². The van der Waals surface area contributed by atoms with Gasteiger partial charge in [0.2, 0.25) is 5.89 Å². The molecule has 206 valence electrons. The molecule has 1 unspecified atom stereocenters. The highest BCUT2D eigenvalue weighted by Crippen LogP contribution is 2.28. The number of hydrogen-bond acceptors (Lipinski definition) is 9. The summed E-state index contributed by atoms with van der Waals surface area (Å²) in [5.74, 6) is -0.0727. The molecule has 1 N–H and O–H groups in total. The average Bonchev–Trinajstić information content (AvgIpc) is 3.60. The maximum absolute atomic E-state index is 14.7. The number of nitrogens with zero attached hydrogens (tertiary/aromatic N) is 7. The smallest absolute Gasteiger partial charge is 0.276 e. The largest absolute Gasteiger partial charge is 0.411 e. The molecular formula is C27H31F2N7O2S. The van der Waals surface area contributed by atoms with Crippen LogP contribution in [0, 0.1) is 18.6 Å². The third-order valence-electron chi connectivity index (χ3n) is 6.79. The van der Waals surface area contributed by atoms with Crippen molar-refractivity contribution in [3.63, 3.8) is 0 Å². The first-order valence-corrected chi connectivity index (χ1v) is 13.8. The zero-order valence-corrected chi connectivity index (χ0v) is 22.5. The Morgan fingerprint density at radius 3 is 2.59 bits per heavy atom. The number of halogens is 2. The molecule has 2 aromatic heterocycles. The number of hydrogen-bond donors (Lipinski definition) is 1. The van der Waals surface area contributed by atoms with Gasteiger partial charge in [0.05, 0.1) is 6.54 Å². The molecule has 4 aromatic rings. The average molecular weight is 556 g/mol. The topological polar surface area (TPSA) is 96.3 Å². The molecule has 1 aliphatic rings.